The largest absolute Gasteiger partial charge is 0.411 e. The standard InChI is InChI=1S/C11H10F3N3/c1-7-2-3-8(6-15)9(16-7)17-10(4-5-10)11(12,13)14/h2-3H,4-5H2,1H3,(H,16,17). The van der Waals surface area contributed by atoms with Crippen molar-refractivity contribution < 1.29 is 13.2 Å². The van der Waals surface area contributed by atoms with Crippen molar-refractivity contribution in [2.24, 2.45) is 0 Å². The van der Waals surface area contributed by atoms with Gasteiger partial charge in [-0.15, -0.1) is 0 Å². The lowest BCUT2D eigenvalue weighted by atomic mass is 10.2. The van der Waals surface area contributed by atoms with Crippen LogP contribution in [0, 0.1) is 18.3 Å². The van der Waals surface area contributed by atoms with Gasteiger partial charge < -0.3 is 5.32 Å². The molecule has 6 heteroatoms. The molecule has 0 atom stereocenters. The van der Waals surface area contributed by atoms with E-state index in [1.165, 1.54) is 6.07 Å². The fourth-order valence-electron chi connectivity index (χ4n) is 1.57. The van der Waals surface area contributed by atoms with E-state index in [0.29, 0.717) is 5.69 Å². The molecule has 0 aliphatic heterocycles. The number of halogens is 3. The molecule has 17 heavy (non-hydrogen) atoms. The third kappa shape index (κ3) is 2.05. The number of pyridine rings is 1. The van der Waals surface area contributed by atoms with Crippen molar-refractivity contribution in [3.63, 3.8) is 0 Å². The lowest BCUT2D eigenvalue weighted by molar-refractivity contribution is -0.151. The van der Waals surface area contributed by atoms with Gasteiger partial charge in [0.1, 0.15) is 17.4 Å². The highest BCUT2D eigenvalue weighted by molar-refractivity contribution is 5.55. The summed E-state index contributed by atoms with van der Waals surface area (Å²) in [6, 6.07) is 4.90. The number of anilines is 1. The van der Waals surface area contributed by atoms with Gasteiger partial charge in [-0.25, -0.2) is 4.98 Å². The van der Waals surface area contributed by atoms with Crippen molar-refractivity contribution in [3.8, 4) is 6.07 Å². The van der Waals surface area contributed by atoms with Crippen molar-refractivity contribution in [3.05, 3.63) is 23.4 Å². The van der Waals surface area contributed by atoms with Crippen molar-refractivity contribution in [2.75, 3.05) is 5.32 Å². The Bertz CT molecular complexity index is 484. The minimum atomic E-state index is -4.31. The van der Waals surface area contributed by atoms with Gasteiger partial charge in [0.25, 0.3) is 0 Å². The summed E-state index contributed by atoms with van der Waals surface area (Å²) >= 11 is 0. The molecule has 0 spiro atoms. The number of aromatic nitrogens is 1. The highest BCUT2D eigenvalue weighted by Crippen LogP contribution is 2.51. The van der Waals surface area contributed by atoms with Gasteiger partial charge in [0.2, 0.25) is 0 Å². The molecule has 1 N–H and O–H groups in total. The van der Waals surface area contributed by atoms with Crippen LogP contribution < -0.4 is 5.32 Å². The summed E-state index contributed by atoms with van der Waals surface area (Å²) in [5.41, 5.74) is -1.19. The molecular formula is C11H10F3N3. The van der Waals surface area contributed by atoms with E-state index >= 15 is 0 Å². The van der Waals surface area contributed by atoms with E-state index in [2.05, 4.69) is 10.3 Å². The molecule has 1 fully saturated rings. The Balaban J connectivity index is 2.31. The normalized spacial score (nSPS) is 17.4. The average Bonchev–Trinajstić information content (AvgIpc) is 2.98. The lowest BCUT2D eigenvalue weighted by Crippen LogP contribution is -2.39. The van der Waals surface area contributed by atoms with Crippen molar-refractivity contribution >= 4 is 5.82 Å². The predicted molar refractivity (Wildman–Crippen MR) is 55.3 cm³/mol. The monoisotopic (exact) mass is 241 g/mol. The molecule has 1 aromatic rings. The van der Waals surface area contributed by atoms with Crippen LogP contribution >= 0.6 is 0 Å². The van der Waals surface area contributed by atoms with Crippen LogP contribution in [0.25, 0.3) is 0 Å². The van der Waals surface area contributed by atoms with E-state index in [0.717, 1.165) is 0 Å². The molecule has 0 unspecified atom stereocenters. The zero-order chi connectivity index (χ0) is 12.7. The molecule has 1 aromatic heterocycles. The first-order valence-electron chi connectivity index (χ1n) is 5.11. The number of nitriles is 1. The van der Waals surface area contributed by atoms with E-state index < -0.39 is 11.7 Å². The van der Waals surface area contributed by atoms with Gasteiger partial charge in [0.15, 0.2) is 0 Å². The third-order valence-corrected chi connectivity index (χ3v) is 2.81. The molecule has 0 bridgehead atoms. The highest BCUT2D eigenvalue weighted by atomic mass is 19.4. The molecule has 2 rings (SSSR count). The highest BCUT2D eigenvalue weighted by Gasteiger charge is 2.63. The molecule has 90 valence electrons. The topological polar surface area (TPSA) is 48.7 Å². The fraction of sp³-hybridized carbons (Fsp3) is 0.455. The van der Waals surface area contributed by atoms with Crippen LogP contribution in [-0.4, -0.2) is 16.7 Å². The average molecular weight is 241 g/mol. The molecule has 0 saturated heterocycles. The van der Waals surface area contributed by atoms with E-state index in [1.54, 1.807) is 13.0 Å². The van der Waals surface area contributed by atoms with E-state index in [9.17, 15) is 13.2 Å². The smallest absolute Gasteiger partial charge is 0.355 e. The number of nitrogens with zero attached hydrogens (tertiary/aromatic N) is 2. The van der Waals surface area contributed by atoms with Gasteiger partial charge in [-0.1, -0.05) is 0 Å². The Labute approximate surface area is 96.3 Å². The van der Waals surface area contributed by atoms with Gasteiger partial charge >= 0.3 is 6.18 Å². The van der Waals surface area contributed by atoms with Crippen LogP contribution in [0.3, 0.4) is 0 Å². The van der Waals surface area contributed by atoms with Gasteiger partial charge in [-0.2, -0.15) is 18.4 Å². The number of aryl methyl sites for hydroxylation is 1. The summed E-state index contributed by atoms with van der Waals surface area (Å²) in [6.07, 6.45) is -4.26. The van der Waals surface area contributed by atoms with Gasteiger partial charge in [0, 0.05) is 5.69 Å². The van der Waals surface area contributed by atoms with Crippen LogP contribution in [-0.2, 0) is 0 Å². The molecule has 3 nitrogen and oxygen atoms in total. The minimum Gasteiger partial charge on any atom is -0.355 e. The van der Waals surface area contributed by atoms with Crippen LogP contribution in [0.5, 0.6) is 0 Å². The Morgan fingerprint density at radius 1 is 1.41 bits per heavy atom. The first kappa shape index (κ1) is 11.7. The molecule has 0 amide bonds. The Morgan fingerprint density at radius 2 is 2.06 bits per heavy atom. The van der Waals surface area contributed by atoms with E-state index in [1.807, 2.05) is 6.07 Å². The Hall–Kier alpha value is -1.77. The van der Waals surface area contributed by atoms with E-state index in [4.69, 9.17) is 5.26 Å². The quantitative estimate of drug-likeness (QED) is 0.866. The summed E-state index contributed by atoms with van der Waals surface area (Å²) in [7, 11) is 0. The van der Waals surface area contributed by atoms with Crippen LogP contribution in [0.4, 0.5) is 19.0 Å². The van der Waals surface area contributed by atoms with Gasteiger partial charge in [0.05, 0.1) is 5.56 Å². The Kier molecular flexibility index (Phi) is 2.49. The van der Waals surface area contributed by atoms with Crippen LogP contribution in [0.15, 0.2) is 12.1 Å². The van der Waals surface area contributed by atoms with Crippen molar-refractivity contribution in [1.82, 2.24) is 4.98 Å². The molecule has 0 aromatic carbocycles. The maximum absolute atomic E-state index is 12.7. The SMILES string of the molecule is Cc1ccc(C#N)c(NC2(C(F)(F)F)CC2)n1. The summed E-state index contributed by atoms with van der Waals surface area (Å²) in [4.78, 5) is 3.95. The number of nitrogens with one attached hydrogen (secondary N) is 1. The zero-order valence-electron chi connectivity index (χ0n) is 9.10. The second kappa shape index (κ2) is 3.62. The summed E-state index contributed by atoms with van der Waals surface area (Å²) < 4.78 is 38.2. The van der Waals surface area contributed by atoms with Crippen LogP contribution in [0.2, 0.25) is 0 Å². The Morgan fingerprint density at radius 3 is 2.53 bits per heavy atom. The molecule has 1 aliphatic carbocycles. The first-order chi connectivity index (χ1) is 7.88. The lowest BCUT2D eigenvalue weighted by Gasteiger charge is -2.21. The summed E-state index contributed by atoms with van der Waals surface area (Å²) in [5.74, 6) is 0.0160. The molecule has 1 aliphatic rings. The summed E-state index contributed by atoms with van der Waals surface area (Å²) in [6.45, 7) is 1.67. The predicted octanol–water partition coefficient (Wildman–Crippen LogP) is 2.77. The van der Waals surface area contributed by atoms with E-state index in [-0.39, 0.29) is 24.2 Å². The van der Waals surface area contributed by atoms with Gasteiger partial charge in [-0.3, -0.25) is 0 Å². The first-order valence-corrected chi connectivity index (χ1v) is 5.11. The minimum absolute atomic E-state index is 0.0160. The van der Waals surface area contributed by atoms with Gasteiger partial charge in [-0.05, 0) is 31.9 Å². The second-order valence-electron chi connectivity index (χ2n) is 4.17. The second-order valence-corrected chi connectivity index (χ2v) is 4.17. The van der Waals surface area contributed by atoms with Crippen molar-refractivity contribution in [1.29, 1.82) is 5.26 Å². The molecule has 1 saturated carbocycles. The molecular weight excluding hydrogens is 231 g/mol. The molecule has 1 heterocycles. The number of alkyl halides is 3. The number of rotatable bonds is 2. The summed E-state index contributed by atoms with van der Waals surface area (Å²) in [5, 5.41) is 11.2. The number of hydrogen-bond donors (Lipinski definition) is 1. The zero-order valence-corrected chi connectivity index (χ0v) is 9.10. The number of hydrogen-bond acceptors (Lipinski definition) is 3. The van der Waals surface area contributed by atoms with Crippen molar-refractivity contribution in [2.45, 2.75) is 31.5 Å². The maximum atomic E-state index is 12.7. The third-order valence-electron chi connectivity index (χ3n) is 2.81. The maximum Gasteiger partial charge on any atom is 0.411 e. The van der Waals surface area contributed by atoms with Crippen LogP contribution in [0.1, 0.15) is 24.1 Å². The fourth-order valence-corrected chi connectivity index (χ4v) is 1.57. The molecule has 0 radical (unpaired) electrons.